The highest BCUT2D eigenvalue weighted by molar-refractivity contribution is 14.0. The monoisotopic (exact) mass is 496 g/mol. The van der Waals surface area contributed by atoms with Crippen LogP contribution in [0.1, 0.15) is 23.6 Å². The maximum absolute atomic E-state index is 12.1. The normalized spacial score (nSPS) is 10.6. The first-order chi connectivity index (χ1) is 13.1. The number of carbonyl (C=O) groups is 1. The predicted octanol–water partition coefficient (Wildman–Crippen LogP) is 2.99. The highest BCUT2D eigenvalue weighted by Crippen LogP contribution is 2.10. The van der Waals surface area contributed by atoms with Gasteiger partial charge in [0, 0.05) is 13.1 Å². The molecule has 28 heavy (non-hydrogen) atoms. The number of guanidine groups is 1. The first kappa shape index (κ1) is 23.7. The van der Waals surface area contributed by atoms with Crippen LogP contribution >= 0.6 is 24.0 Å². The van der Waals surface area contributed by atoms with Crippen molar-refractivity contribution in [1.82, 2.24) is 16.0 Å². The van der Waals surface area contributed by atoms with Crippen LogP contribution in [0.5, 0.6) is 5.75 Å². The number of rotatable bonds is 8. The van der Waals surface area contributed by atoms with Gasteiger partial charge in [-0.3, -0.25) is 4.79 Å². The van der Waals surface area contributed by atoms with Gasteiger partial charge in [0.2, 0.25) is 5.91 Å². The fourth-order valence-corrected chi connectivity index (χ4v) is 2.49. The van der Waals surface area contributed by atoms with Gasteiger partial charge in [-0.25, -0.2) is 4.99 Å². The maximum atomic E-state index is 12.1. The summed E-state index contributed by atoms with van der Waals surface area (Å²) in [7, 11) is 1.63. The molecule has 0 saturated carbocycles. The number of halogens is 1. The summed E-state index contributed by atoms with van der Waals surface area (Å²) in [6, 6.07) is 15.8. The molecule has 0 unspecified atom stereocenters. The second-order valence-corrected chi connectivity index (χ2v) is 6.16. The molecule has 0 aromatic heterocycles. The van der Waals surface area contributed by atoms with Crippen LogP contribution in [0.15, 0.2) is 53.5 Å². The van der Waals surface area contributed by atoms with Gasteiger partial charge in [-0.2, -0.15) is 0 Å². The lowest BCUT2D eigenvalue weighted by molar-refractivity contribution is -0.120. The van der Waals surface area contributed by atoms with Gasteiger partial charge >= 0.3 is 0 Å². The average molecular weight is 496 g/mol. The molecule has 2 aromatic rings. The summed E-state index contributed by atoms with van der Waals surface area (Å²) < 4.78 is 5.13. The van der Waals surface area contributed by atoms with E-state index in [-0.39, 0.29) is 36.4 Å². The smallest absolute Gasteiger partial charge is 0.239 e. The number of aliphatic imine (C=N–C) groups is 1. The van der Waals surface area contributed by atoms with Crippen molar-refractivity contribution >= 4 is 35.8 Å². The van der Waals surface area contributed by atoms with E-state index in [1.807, 2.05) is 43.3 Å². The topological polar surface area (TPSA) is 74.8 Å². The van der Waals surface area contributed by atoms with Crippen LogP contribution in [0.25, 0.3) is 0 Å². The minimum Gasteiger partial charge on any atom is -0.497 e. The van der Waals surface area contributed by atoms with Crippen LogP contribution < -0.4 is 20.7 Å². The predicted molar refractivity (Wildman–Crippen MR) is 124 cm³/mol. The van der Waals surface area contributed by atoms with Crippen LogP contribution in [-0.2, 0) is 17.9 Å². The van der Waals surface area contributed by atoms with Crippen molar-refractivity contribution in [2.24, 2.45) is 4.99 Å². The quantitative estimate of drug-likeness (QED) is 0.299. The van der Waals surface area contributed by atoms with Crippen LogP contribution in [0, 0.1) is 6.92 Å². The second kappa shape index (κ2) is 13.0. The van der Waals surface area contributed by atoms with Gasteiger partial charge in [0.05, 0.1) is 20.2 Å². The standard InChI is InChI=1S/C21H28N4O2.HI/c1-4-22-21(24-14-18-7-5-6-16(2)12-18)25-15-20(26)23-13-17-8-10-19(27-3)11-9-17;/h5-12H,4,13-15H2,1-3H3,(H,23,26)(H2,22,24,25);1H. The summed E-state index contributed by atoms with van der Waals surface area (Å²) in [5.41, 5.74) is 3.36. The minimum atomic E-state index is -0.0908. The number of hydrogen-bond donors (Lipinski definition) is 3. The Morgan fingerprint density at radius 3 is 2.43 bits per heavy atom. The Morgan fingerprint density at radius 2 is 1.79 bits per heavy atom. The Balaban J connectivity index is 0.00000392. The molecule has 0 radical (unpaired) electrons. The molecule has 0 atom stereocenters. The number of nitrogens with one attached hydrogen (secondary N) is 3. The Kier molecular flexibility index (Phi) is 11.0. The first-order valence-corrected chi connectivity index (χ1v) is 9.08. The second-order valence-electron chi connectivity index (χ2n) is 6.16. The van der Waals surface area contributed by atoms with Gasteiger partial charge in [0.15, 0.2) is 5.96 Å². The Morgan fingerprint density at radius 1 is 1.04 bits per heavy atom. The number of benzene rings is 2. The summed E-state index contributed by atoms with van der Waals surface area (Å²) in [5.74, 6) is 1.33. The summed E-state index contributed by atoms with van der Waals surface area (Å²) in [4.78, 5) is 16.6. The molecule has 3 N–H and O–H groups in total. The lowest BCUT2D eigenvalue weighted by Gasteiger charge is -2.12. The van der Waals surface area contributed by atoms with Gasteiger partial charge in [-0.1, -0.05) is 42.0 Å². The fourth-order valence-electron chi connectivity index (χ4n) is 2.49. The van der Waals surface area contributed by atoms with E-state index >= 15 is 0 Å². The van der Waals surface area contributed by atoms with Gasteiger partial charge < -0.3 is 20.7 Å². The first-order valence-electron chi connectivity index (χ1n) is 9.08. The van der Waals surface area contributed by atoms with Crippen molar-refractivity contribution in [1.29, 1.82) is 0 Å². The van der Waals surface area contributed by atoms with E-state index in [2.05, 4.69) is 40.0 Å². The molecule has 0 aliphatic heterocycles. The minimum absolute atomic E-state index is 0. The van der Waals surface area contributed by atoms with Crippen molar-refractivity contribution < 1.29 is 9.53 Å². The Labute approximate surface area is 184 Å². The largest absolute Gasteiger partial charge is 0.497 e. The molecule has 1 amide bonds. The zero-order chi connectivity index (χ0) is 19.5. The lowest BCUT2D eigenvalue weighted by atomic mass is 10.1. The SMILES string of the molecule is CCNC(=NCc1cccc(C)c1)NCC(=O)NCc1ccc(OC)cc1.I. The molecule has 0 saturated heterocycles. The number of nitrogens with zero attached hydrogens (tertiary/aromatic N) is 1. The van der Waals surface area contributed by atoms with E-state index in [9.17, 15) is 4.79 Å². The van der Waals surface area contributed by atoms with Crippen molar-refractivity contribution in [3.05, 3.63) is 65.2 Å². The third-order valence-electron chi connectivity index (χ3n) is 3.91. The van der Waals surface area contributed by atoms with E-state index in [0.29, 0.717) is 19.0 Å². The molecule has 152 valence electrons. The number of amides is 1. The molecule has 0 bridgehead atoms. The van der Waals surface area contributed by atoms with Crippen LogP contribution in [0.3, 0.4) is 0 Å². The molecule has 2 aromatic carbocycles. The summed E-state index contributed by atoms with van der Waals surface area (Å²) in [6.07, 6.45) is 0. The highest BCUT2D eigenvalue weighted by Gasteiger charge is 2.04. The van der Waals surface area contributed by atoms with Crippen molar-refractivity contribution in [3.63, 3.8) is 0 Å². The van der Waals surface area contributed by atoms with E-state index < -0.39 is 0 Å². The Hall–Kier alpha value is -2.29. The molecule has 6 nitrogen and oxygen atoms in total. The third-order valence-corrected chi connectivity index (χ3v) is 3.91. The molecule has 0 spiro atoms. The van der Waals surface area contributed by atoms with Crippen molar-refractivity contribution in [2.45, 2.75) is 26.9 Å². The molecule has 7 heteroatoms. The number of carbonyl (C=O) groups excluding carboxylic acids is 1. The number of methoxy groups -OCH3 is 1. The van der Waals surface area contributed by atoms with Crippen molar-refractivity contribution in [3.8, 4) is 5.75 Å². The average Bonchev–Trinajstić information content (AvgIpc) is 2.69. The number of ether oxygens (including phenoxy) is 1. The molecule has 0 aliphatic carbocycles. The van der Waals surface area contributed by atoms with Crippen LogP contribution in [-0.4, -0.2) is 32.1 Å². The zero-order valence-electron chi connectivity index (χ0n) is 16.6. The summed E-state index contributed by atoms with van der Waals surface area (Å²) in [6.45, 7) is 5.98. The van der Waals surface area contributed by atoms with Gasteiger partial charge in [0.25, 0.3) is 0 Å². The Bertz CT molecular complexity index is 763. The molecule has 0 fully saturated rings. The maximum Gasteiger partial charge on any atom is 0.239 e. The fraction of sp³-hybridized carbons (Fsp3) is 0.333. The molecule has 0 aliphatic rings. The van der Waals surface area contributed by atoms with Crippen LogP contribution in [0.4, 0.5) is 0 Å². The molecule has 0 heterocycles. The van der Waals surface area contributed by atoms with E-state index in [4.69, 9.17) is 4.74 Å². The molecular formula is C21H29IN4O2. The third kappa shape index (κ3) is 8.60. The lowest BCUT2D eigenvalue weighted by Crippen LogP contribution is -2.43. The number of aryl methyl sites for hydroxylation is 1. The zero-order valence-corrected chi connectivity index (χ0v) is 18.9. The van der Waals surface area contributed by atoms with E-state index in [1.54, 1.807) is 7.11 Å². The van der Waals surface area contributed by atoms with Gasteiger partial charge in [-0.05, 0) is 37.1 Å². The van der Waals surface area contributed by atoms with Gasteiger partial charge in [0.1, 0.15) is 5.75 Å². The number of hydrogen-bond acceptors (Lipinski definition) is 3. The van der Waals surface area contributed by atoms with E-state index in [0.717, 1.165) is 23.4 Å². The molecule has 2 rings (SSSR count). The van der Waals surface area contributed by atoms with E-state index in [1.165, 1.54) is 5.56 Å². The van der Waals surface area contributed by atoms with Crippen molar-refractivity contribution in [2.75, 3.05) is 20.2 Å². The highest BCUT2D eigenvalue weighted by atomic mass is 127. The van der Waals surface area contributed by atoms with Gasteiger partial charge in [-0.15, -0.1) is 24.0 Å². The summed E-state index contributed by atoms with van der Waals surface area (Å²) in [5, 5.41) is 9.11. The summed E-state index contributed by atoms with van der Waals surface area (Å²) >= 11 is 0. The molecular weight excluding hydrogens is 467 g/mol. The van der Waals surface area contributed by atoms with Crippen LogP contribution in [0.2, 0.25) is 0 Å².